The number of Topliss-reactive ketones (excluding diaryl/α,β-unsaturated/α-hetero) is 1. The predicted octanol–water partition coefficient (Wildman–Crippen LogP) is 3.46. The molecule has 24 heavy (non-hydrogen) atoms. The maximum atomic E-state index is 12.7. The van der Waals surface area contributed by atoms with Crippen molar-refractivity contribution in [2.45, 2.75) is 34.2 Å². The first-order valence-corrected chi connectivity index (χ1v) is 7.91. The summed E-state index contributed by atoms with van der Waals surface area (Å²) >= 11 is 0. The lowest BCUT2D eigenvalue weighted by Gasteiger charge is -2.13. The van der Waals surface area contributed by atoms with E-state index in [1.54, 1.807) is 0 Å². The van der Waals surface area contributed by atoms with Gasteiger partial charge < -0.3 is 0 Å². The van der Waals surface area contributed by atoms with Gasteiger partial charge in [0.15, 0.2) is 5.78 Å². The van der Waals surface area contributed by atoms with Crippen molar-refractivity contribution in [2.75, 3.05) is 0 Å². The molecular weight excluding hydrogens is 300 g/mol. The van der Waals surface area contributed by atoms with Crippen LogP contribution in [-0.4, -0.2) is 26.0 Å². The summed E-state index contributed by atoms with van der Waals surface area (Å²) in [6, 6.07) is 11.7. The number of hydrogen-bond donors (Lipinski definition) is 0. The molecule has 2 aromatic carbocycles. The van der Waals surface area contributed by atoms with Gasteiger partial charge in [-0.25, -0.2) is 0 Å². The Morgan fingerprint density at radius 1 is 1.00 bits per heavy atom. The highest BCUT2D eigenvalue weighted by Crippen LogP contribution is 2.22. The molecule has 0 aliphatic heterocycles. The molecule has 0 fully saturated rings. The van der Waals surface area contributed by atoms with E-state index in [2.05, 4.69) is 28.4 Å². The SMILES string of the molecule is Cc1cc(C)c(C(=O)Cn2nnc(-c3ccccc3)n2)c(C)c1C. The number of aryl methyl sites for hydroxylation is 2. The van der Waals surface area contributed by atoms with Gasteiger partial charge in [0, 0.05) is 11.1 Å². The van der Waals surface area contributed by atoms with Gasteiger partial charge in [0.25, 0.3) is 0 Å². The maximum Gasteiger partial charge on any atom is 0.204 e. The Morgan fingerprint density at radius 2 is 1.71 bits per heavy atom. The molecule has 5 heteroatoms. The summed E-state index contributed by atoms with van der Waals surface area (Å²) in [5.74, 6) is 0.530. The minimum atomic E-state index is 0.00473. The Labute approximate surface area is 141 Å². The van der Waals surface area contributed by atoms with Crippen molar-refractivity contribution in [1.29, 1.82) is 0 Å². The van der Waals surface area contributed by atoms with Crippen molar-refractivity contribution >= 4 is 5.78 Å². The monoisotopic (exact) mass is 320 g/mol. The van der Waals surface area contributed by atoms with Crippen LogP contribution in [0.2, 0.25) is 0 Å². The molecular formula is C19H20N4O. The van der Waals surface area contributed by atoms with Gasteiger partial charge in [0.1, 0.15) is 6.54 Å². The fourth-order valence-electron chi connectivity index (χ4n) is 2.93. The van der Waals surface area contributed by atoms with Gasteiger partial charge in [-0.3, -0.25) is 4.79 Å². The molecule has 0 atom stereocenters. The molecule has 0 saturated carbocycles. The number of hydrogen-bond acceptors (Lipinski definition) is 4. The Hall–Kier alpha value is -2.82. The largest absolute Gasteiger partial charge is 0.292 e. The summed E-state index contributed by atoms with van der Waals surface area (Å²) in [4.78, 5) is 14.1. The molecule has 0 radical (unpaired) electrons. The highest BCUT2D eigenvalue weighted by atomic mass is 16.1. The zero-order chi connectivity index (χ0) is 17.3. The summed E-state index contributed by atoms with van der Waals surface area (Å²) in [5, 5.41) is 12.4. The van der Waals surface area contributed by atoms with E-state index in [1.165, 1.54) is 10.4 Å². The number of benzene rings is 2. The number of tetrazole rings is 1. The minimum absolute atomic E-state index is 0.00473. The molecule has 0 amide bonds. The van der Waals surface area contributed by atoms with Crippen molar-refractivity contribution in [3.63, 3.8) is 0 Å². The lowest BCUT2D eigenvalue weighted by atomic mass is 9.92. The number of rotatable bonds is 4. The zero-order valence-corrected chi connectivity index (χ0v) is 14.4. The quantitative estimate of drug-likeness (QED) is 0.691. The Bertz CT molecular complexity index is 897. The average Bonchev–Trinajstić information content (AvgIpc) is 3.02. The van der Waals surface area contributed by atoms with Gasteiger partial charge in [-0.15, -0.1) is 10.2 Å². The molecule has 3 aromatic rings. The maximum absolute atomic E-state index is 12.7. The Morgan fingerprint density at radius 3 is 2.42 bits per heavy atom. The third kappa shape index (κ3) is 2.97. The van der Waals surface area contributed by atoms with Gasteiger partial charge >= 0.3 is 0 Å². The van der Waals surface area contributed by atoms with Crippen LogP contribution in [0.1, 0.15) is 32.6 Å². The summed E-state index contributed by atoms with van der Waals surface area (Å²) in [7, 11) is 0. The predicted molar refractivity (Wildman–Crippen MR) is 93.0 cm³/mol. The van der Waals surface area contributed by atoms with Crippen LogP contribution >= 0.6 is 0 Å². The summed E-state index contributed by atoms with van der Waals surface area (Å²) in [6.07, 6.45) is 0. The van der Waals surface area contributed by atoms with E-state index in [4.69, 9.17) is 0 Å². The van der Waals surface area contributed by atoms with Gasteiger partial charge in [0.2, 0.25) is 5.82 Å². The lowest BCUT2D eigenvalue weighted by molar-refractivity contribution is 0.0960. The number of ketones is 1. The van der Waals surface area contributed by atoms with E-state index in [1.807, 2.05) is 51.1 Å². The number of carbonyl (C=O) groups excluding carboxylic acids is 1. The molecule has 122 valence electrons. The van der Waals surface area contributed by atoms with Crippen LogP contribution in [0.5, 0.6) is 0 Å². The molecule has 0 unspecified atom stereocenters. The minimum Gasteiger partial charge on any atom is -0.292 e. The third-order valence-electron chi connectivity index (χ3n) is 4.41. The molecule has 0 bridgehead atoms. The first kappa shape index (κ1) is 16.1. The molecule has 0 aliphatic rings. The molecule has 1 heterocycles. The fourth-order valence-corrected chi connectivity index (χ4v) is 2.93. The van der Waals surface area contributed by atoms with Crippen LogP contribution in [-0.2, 0) is 6.54 Å². The van der Waals surface area contributed by atoms with Gasteiger partial charge in [-0.1, -0.05) is 36.4 Å². The van der Waals surface area contributed by atoms with Crippen molar-refractivity contribution in [3.8, 4) is 11.4 Å². The van der Waals surface area contributed by atoms with Crippen LogP contribution in [0.25, 0.3) is 11.4 Å². The highest BCUT2D eigenvalue weighted by Gasteiger charge is 2.17. The van der Waals surface area contributed by atoms with E-state index < -0.39 is 0 Å². The van der Waals surface area contributed by atoms with Gasteiger partial charge in [-0.05, 0) is 55.2 Å². The molecule has 3 rings (SSSR count). The van der Waals surface area contributed by atoms with E-state index in [0.29, 0.717) is 5.82 Å². The van der Waals surface area contributed by atoms with Crippen LogP contribution in [0.15, 0.2) is 36.4 Å². The fraction of sp³-hybridized carbons (Fsp3) is 0.263. The molecule has 0 spiro atoms. The Balaban J connectivity index is 1.87. The highest BCUT2D eigenvalue weighted by molar-refractivity contribution is 5.99. The summed E-state index contributed by atoms with van der Waals surface area (Å²) < 4.78 is 0. The van der Waals surface area contributed by atoms with E-state index in [-0.39, 0.29) is 12.3 Å². The summed E-state index contributed by atoms with van der Waals surface area (Å²) in [6.45, 7) is 8.16. The second-order valence-electron chi connectivity index (χ2n) is 6.07. The van der Waals surface area contributed by atoms with E-state index in [0.717, 1.165) is 27.8 Å². The van der Waals surface area contributed by atoms with E-state index >= 15 is 0 Å². The second-order valence-corrected chi connectivity index (χ2v) is 6.07. The first-order chi connectivity index (χ1) is 11.5. The van der Waals surface area contributed by atoms with Crippen LogP contribution in [0.4, 0.5) is 0 Å². The Kier molecular flexibility index (Phi) is 4.25. The molecule has 1 aromatic heterocycles. The van der Waals surface area contributed by atoms with Crippen molar-refractivity contribution in [3.05, 3.63) is 64.2 Å². The van der Waals surface area contributed by atoms with E-state index in [9.17, 15) is 4.79 Å². The smallest absolute Gasteiger partial charge is 0.204 e. The van der Waals surface area contributed by atoms with Crippen LogP contribution in [0.3, 0.4) is 0 Å². The van der Waals surface area contributed by atoms with Gasteiger partial charge in [0.05, 0.1) is 0 Å². The van der Waals surface area contributed by atoms with Crippen LogP contribution < -0.4 is 0 Å². The zero-order valence-electron chi connectivity index (χ0n) is 14.4. The number of carbonyl (C=O) groups is 1. The molecule has 0 saturated heterocycles. The second kappa shape index (κ2) is 6.35. The van der Waals surface area contributed by atoms with Gasteiger partial charge in [-0.2, -0.15) is 4.80 Å². The average molecular weight is 320 g/mol. The molecule has 5 nitrogen and oxygen atoms in total. The van der Waals surface area contributed by atoms with Crippen molar-refractivity contribution < 1.29 is 4.79 Å². The lowest BCUT2D eigenvalue weighted by Crippen LogP contribution is -2.16. The third-order valence-corrected chi connectivity index (χ3v) is 4.41. The molecule has 0 N–H and O–H groups in total. The molecule has 0 aliphatic carbocycles. The normalized spacial score (nSPS) is 10.8. The first-order valence-electron chi connectivity index (χ1n) is 7.91. The topological polar surface area (TPSA) is 60.7 Å². The van der Waals surface area contributed by atoms with Crippen LogP contribution in [0, 0.1) is 27.7 Å². The number of nitrogens with zero attached hydrogens (tertiary/aromatic N) is 4. The standard InChI is InChI=1S/C19H20N4O/c1-12-10-13(2)18(15(4)14(12)3)17(24)11-23-21-19(20-22-23)16-8-6-5-7-9-16/h5-10H,11H2,1-4H3. The van der Waals surface area contributed by atoms with Crippen molar-refractivity contribution in [1.82, 2.24) is 20.2 Å². The summed E-state index contributed by atoms with van der Waals surface area (Å²) in [5.41, 5.74) is 6.02. The number of aromatic nitrogens is 4. The van der Waals surface area contributed by atoms with Crippen molar-refractivity contribution in [2.24, 2.45) is 0 Å².